The molecule has 10 heteroatoms. The van der Waals surface area contributed by atoms with Gasteiger partial charge in [-0.2, -0.15) is 0 Å². The molecule has 2 atom stereocenters. The molecule has 0 heterocycles. The molecule has 0 fully saturated rings. The lowest BCUT2D eigenvalue weighted by Gasteiger charge is -2.31. The highest BCUT2D eigenvalue weighted by atomic mass is 16.6. The standard InChI is InChI=1S/C14H25N3O7/c1-14(2,3)24-13(23)17(9(12(21)22)7-10(18)19)11(20)8(16)5-4-6-15/h8-9H,4-7,15-16H2,1-3H3,(H,18,19)(H,21,22). The first-order valence-electron chi connectivity index (χ1n) is 7.37. The van der Waals surface area contributed by atoms with Gasteiger partial charge in [0.05, 0.1) is 12.5 Å². The molecule has 6 N–H and O–H groups in total. The Morgan fingerprint density at radius 2 is 1.71 bits per heavy atom. The Labute approximate surface area is 139 Å². The van der Waals surface area contributed by atoms with Gasteiger partial charge in [-0.05, 0) is 40.2 Å². The monoisotopic (exact) mass is 347 g/mol. The van der Waals surface area contributed by atoms with Crippen LogP contribution >= 0.6 is 0 Å². The van der Waals surface area contributed by atoms with E-state index < -0.39 is 48.0 Å². The Morgan fingerprint density at radius 1 is 1.17 bits per heavy atom. The second-order valence-corrected chi connectivity index (χ2v) is 6.18. The van der Waals surface area contributed by atoms with Crippen molar-refractivity contribution in [2.45, 2.75) is 57.7 Å². The van der Waals surface area contributed by atoms with Gasteiger partial charge >= 0.3 is 18.0 Å². The third kappa shape index (κ3) is 7.38. The van der Waals surface area contributed by atoms with Gasteiger partial charge in [0.15, 0.2) is 6.04 Å². The molecule has 0 radical (unpaired) electrons. The van der Waals surface area contributed by atoms with E-state index in [0.29, 0.717) is 6.42 Å². The fourth-order valence-corrected chi connectivity index (χ4v) is 1.78. The fraction of sp³-hybridized carbons (Fsp3) is 0.714. The van der Waals surface area contributed by atoms with E-state index in [-0.39, 0.29) is 17.9 Å². The number of hydrogen-bond acceptors (Lipinski definition) is 7. The molecule has 24 heavy (non-hydrogen) atoms. The molecule has 0 aromatic heterocycles. The first-order valence-corrected chi connectivity index (χ1v) is 7.37. The molecule has 138 valence electrons. The number of nitrogens with zero attached hydrogens (tertiary/aromatic N) is 1. The normalized spacial score (nSPS) is 13.7. The fourth-order valence-electron chi connectivity index (χ4n) is 1.78. The van der Waals surface area contributed by atoms with E-state index in [2.05, 4.69) is 0 Å². The Bertz CT molecular complexity index is 487. The van der Waals surface area contributed by atoms with Crippen molar-refractivity contribution in [1.29, 1.82) is 0 Å². The van der Waals surface area contributed by atoms with E-state index in [0.717, 1.165) is 0 Å². The first kappa shape index (κ1) is 21.8. The van der Waals surface area contributed by atoms with E-state index >= 15 is 0 Å². The van der Waals surface area contributed by atoms with Gasteiger partial charge in [0.25, 0.3) is 0 Å². The van der Waals surface area contributed by atoms with E-state index in [4.69, 9.17) is 21.3 Å². The van der Waals surface area contributed by atoms with E-state index in [1.54, 1.807) is 0 Å². The number of carboxylic acid groups (broad SMARTS) is 2. The Hall–Kier alpha value is -2.20. The van der Waals surface area contributed by atoms with Gasteiger partial charge in [0.2, 0.25) is 5.91 Å². The Morgan fingerprint density at radius 3 is 2.08 bits per heavy atom. The van der Waals surface area contributed by atoms with Crippen LogP contribution in [0.5, 0.6) is 0 Å². The van der Waals surface area contributed by atoms with Gasteiger partial charge in [-0.15, -0.1) is 0 Å². The van der Waals surface area contributed by atoms with E-state index in [1.165, 1.54) is 20.8 Å². The second-order valence-electron chi connectivity index (χ2n) is 6.18. The zero-order chi connectivity index (χ0) is 19.1. The van der Waals surface area contributed by atoms with Crippen molar-refractivity contribution < 1.29 is 34.1 Å². The SMILES string of the molecule is CC(C)(C)OC(=O)N(C(=O)C(N)CCCN)C(CC(=O)O)C(=O)O. The Balaban J connectivity index is 5.62. The summed E-state index contributed by atoms with van der Waals surface area (Å²) >= 11 is 0. The van der Waals surface area contributed by atoms with Crippen molar-refractivity contribution in [3.8, 4) is 0 Å². The predicted octanol–water partition coefficient (Wildman–Crippen LogP) is -0.256. The van der Waals surface area contributed by atoms with Crippen LogP contribution in [0.25, 0.3) is 0 Å². The molecular formula is C14H25N3O7. The van der Waals surface area contributed by atoms with E-state index in [9.17, 15) is 24.3 Å². The molecule has 0 aromatic carbocycles. The summed E-state index contributed by atoms with van der Waals surface area (Å²) in [5.41, 5.74) is 10.00. The van der Waals surface area contributed by atoms with Crippen LogP contribution < -0.4 is 11.5 Å². The number of hydrogen-bond donors (Lipinski definition) is 4. The van der Waals surface area contributed by atoms with Crippen LogP contribution in [0.2, 0.25) is 0 Å². The summed E-state index contributed by atoms with van der Waals surface area (Å²) in [6.07, 6.45) is -1.73. The third-order valence-corrected chi connectivity index (χ3v) is 2.83. The lowest BCUT2D eigenvalue weighted by atomic mass is 10.1. The summed E-state index contributed by atoms with van der Waals surface area (Å²) in [4.78, 5) is 47.2. The zero-order valence-corrected chi connectivity index (χ0v) is 14.0. The average Bonchev–Trinajstić information content (AvgIpc) is 2.41. The van der Waals surface area contributed by atoms with Crippen molar-refractivity contribution in [3.05, 3.63) is 0 Å². The van der Waals surface area contributed by atoms with Crippen molar-refractivity contribution >= 4 is 23.9 Å². The molecule has 0 aliphatic heterocycles. The van der Waals surface area contributed by atoms with Crippen molar-refractivity contribution in [3.63, 3.8) is 0 Å². The number of carboxylic acids is 2. The van der Waals surface area contributed by atoms with Gasteiger partial charge in [-0.3, -0.25) is 9.59 Å². The Kier molecular flexibility index (Phi) is 8.34. The van der Waals surface area contributed by atoms with Gasteiger partial charge in [0, 0.05) is 0 Å². The lowest BCUT2D eigenvalue weighted by molar-refractivity contribution is -0.154. The topological polar surface area (TPSA) is 173 Å². The summed E-state index contributed by atoms with van der Waals surface area (Å²) in [5.74, 6) is -4.16. The highest BCUT2D eigenvalue weighted by Crippen LogP contribution is 2.16. The molecule has 0 saturated heterocycles. The summed E-state index contributed by atoms with van der Waals surface area (Å²) in [7, 11) is 0. The smallest absolute Gasteiger partial charge is 0.417 e. The van der Waals surface area contributed by atoms with Crippen LogP contribution in [0.4, 0.5) is 4.79 Å². The number of amides is 2. The van der Waals surface area contributed by atoms with Crippen LogP contribution in [-0.2, 0) is 19.1 Å². The largest absolute Gasteiger partial charge is 0.481 e. The molecule has 0 saturated carbocycles. The maximum atomic E-state index is 12.4. The summed E-state index contributed by atoms with van der Waals surface area (Å²) < 4.78 is 5.02. The van der Waals surface area contributed by atoms with E-state index in [1.807, 2.05) is 0 Å². The number of nitrogens with two attached hydrogens (primary N) is 2. The van der Waals surface area contributed by atoms with Crippen molar-refractivity contribution in [2.24, 2.45) is 11.5 Å². The van der Waals surface area contributed by atoms with Crippen molar-refractivity contribution in [2.75, 3.05) is 6.54 Å². The lowest BCUT2D eigenvalue weighted by Crippen LogP contribution is -2.56. The molecule has 0 aliphatic carbocycles. The van der Waals surface area contributed by atoms with Crippen LogP contribution in [0.1, 0.15) is 40.0 Å². The minimum atomic E-state index is -1.92. The highest BCUT2D eigenvalue weighted by Gasteiger charge is 2.40. The first-order chi connectivity index (χ1) is 10.9. The van der Waals surface area contributed by atoms with Gasteiger partial charge in [-0.1, -0.05) is 0 Å². The van der Waals surface area contributed by atoms with Gasteiger partial charge in [-0.25, -0.2) is 14.5 Å². The quantitative estimate of drug-likeness (QED) is 0.461. The number of carbonyl (C=O) groups excluding carboxylic acids is 2. The molecule has 0 aromatic rings. The molecule has 10 nitrogen and oxygen atoms in total. The number of ether oxygens (including phenoxy) is 1. The predicted molar refractivity (Wildman–Crippen MR) is 83.0 cm³/mol. The summed E-state index contributed by atoms with van der Waals surface area (Å²) in [6, 6.07) is -3.12. The van der Waals surface area contributed by atoms with Crippen LogP contribution in [-0.4, -0.2) is 63.3 Å². The molecule has 0 spiro atoms. The molecule has 2 unspecified atom stereocenters. The average molecular weight is 347 g/mol. The molecule has 0 rings (SSSR count). The maximum absolute atomic E-state index is 12.4. The number of imide groups is 1. The van der Waals surface area contributed by atoms with Crippen LogP contribution in [0.15, 0.2) is 0 Å². The molecule has 2 amide bonds. The molecule has 0 aliphatic rings. The van der Waals surface area contributed by atoms with Gasteiger partial charge in [0.1, 0.15) is 5.60 Å². The van der Waals surface area contributed by atoms with Gasteiger partial charge < -0.3 is 26.4 Å². The summed E-state index contributed by atoms with van der Waals surface area (Å²) in [6.45, 7) is 4.82. The number of carbonyl (C=O) groups is 4. The third-order valence-electron chi connectivity index (χ3n) is 2.83. The van der Waals surface area contributed by atoms with Crippen LogP contribution in [0.3, 0.4) is 0 Å². The molecule has 0 bridgehead atoms. The minimum Gasteiger partial charge on any atom is -0.481 e. The zero-order valence-electron chi connectivity index (χ0n) is 14.0. The molecular weight excluding hydrogens is 322 g/mol. The maximum Gasteiger partial charge on any atom is 0.417 e. The number of rotatable bonds is 8. The van der Waals surface area contributed by atoms with Crippen molar-refractivity contribution in [1.82, 2.24) is 4.90 Å². The number of aliphatic carboxylic acids is 2. The minimum absolute atomic E-state index is 0.119. The summed E-state index contributed by atoms with van der Waals surface area (Å²) in [5, 5.41) is 18.1. The second kappa shape index (κ2) is 9.18. The van der Waals surface area contributed by atoms with Crippen LogP contribution in [0, 0.1) is 0 Å². The highest BCUT2D eigenvalue weighted by molar-refractivity contribution is 5.99.